The van der Waals surface area contributed by atoms with Gasteiger partial charge < -0.3 is 16.0 Å². The summed E-state index contributed by atoms with van der Waals surface area (Å²) in [5, 5.41) is 9.97. The largest absolute Gasteiger partial charge is 0.382 e. The first kappa shape index (κ1) is 14.2. The monoisotopic (exact) mass is 287 g/mol. The number of amides is 1. The fourth-order valence-electron chi connectivity index (χ4n) is 3.60. The van der Waals surface area contributed by atoms with E-state index in [0.29, 0.717) is 12.0 Å². The lowest BCUT2D eigenvalue weighted by Gasteiger charge is -2.32. The van der Waals surface area contributed by atoms with Crippen LogP contribution in [0, 0.1) is 5.92 Å². The zero-order valence-electron chi connectivity index (χ0n) is 12.7. The molecule has 0 radical (unpaired) electrons. The molecule has 1 aliphatic carbocycles. The molecule has 1 aromatic carbocycles. The van der Waals surface area contributed by atoms with Crippen LogP contribution in [0.4, 0.5) is 11.4 Å². The average molecular weight is 287 g/mol. The highest BCUT2D eigenvalue weighted by molar-refractivity contribution is 6.03. The molecule has 4 nitrogen and oxygen atoms in total. The van der Waals surface area contributed by atoms with Gasteiger partial charge in [0.25, 0.3) is 5.91 Å². The quantitative estimate of drug-likeness (QED) is 0.800. The van der Waals surface area contributed by atoms with Crippen molar-refractivity contribution < 1.29 is 4.79 Å². The van der Waals surface area contributed by atoms with E-state index in [1.807, 2.05) is 18.2 Å². The van der Waals surface area contributed by atoms with Crippen LogP contribution in [0.15, 0.2) is 18.2 Å². The first-order chi connectivity index (χ1) is 10.3. The molecule has 0 spiro atoms. The van der Waals surface area contributed by atoms with Gasteiger partial charge in [-0.1, -0.05) is 32.3 Å². The average Bonchev–Trinajstić information content (AvgIpc) is 2.54. The highest BCUT2D eigenvalue weighted by atomic mass is 16.1. The van der Waals surface area contributed by atoms with E-state index in [9.17, 15) is 4.79 Å². The fourth-order valence-corrected chi connectivity index (χ4v) is 3.60. The molecule has 0 saturated heterocycles. The predicted molar refractivity (Wildman–Crippen MR) is 86.9 cm³/mol. The number of fused-ring (bicyclic) bond motifs is 1. The van der Waals surface area contributed by atoms with Crippen molar-refractivity contribution in [2.75, 3.05) is 23.7 Å². The van der Waals surface area contributed by atoms with Gasteiger partial charge >= 0.3 is 0 Å². The molecule has 1 aliphatic heterocycles. The summed E-state index contributed by atoms with van der Waals surface area (Å²) in [6.07, 6.45) is 6.04. The van der Waals surface area contributed by atoms with Gasteiger partial charge in [-0.25, -0.2) is 0 Å². The van der Waals surface area contributed by atoms with Crippen LogP contribution in [0.2, 0.25) is 0 Å². The number of anilines is 2. The smallest absolute Gasteiger partial charge is 0.253 e. The van der Waals surface area contributed by atoms with Gasteiger partial charge in [-0.3, -0.25) is 4.79 Å². The summed E-state index contributed by atoms with van der Waals surface area (Å²) < 4.78 is 0. The minimum Gasteiger partial charge on any atom is -0.382 e. The van der Waals surface area contributed by atoms with E-state index in [4.69, 9.17) is 0 Å². The third kappa shape index (κ3) is 2.99. The predicted octanol–water partition coefficient (Wildman–Crippen LogP) is 3.22. The van der Waals surface area contributed by atoms with E-state index in [-0.39, 0.29) is 5.91 Å². The third-order valence-corrected chi connectivity index (χ3v) is 4.80. The van der Waals surface area contributed by atoms with E-state index in [2.05, 4.69) is 22.9 Å². The van der Waals surface area contributed by atoms with Crippen molar-refractivity contribution in [2.45, 2.75) is 45.1 Å². The van der Waals surface area contributed by atoms with Gasteiger partial charge in [0.05, 0.1) is 16.9 Å². The van der Waals surface area contributed by atoms with Gasteiger partial charge in [-0.05, 0) is 30.9 Å². The molecule has 0 bridgehead atoms. The highest BCUT2D eigenvalue weighted by Gasteiger charge is 2.26. The zero-order chi connectivity index (χ0) is 14.7. The van der Waals surface area contributed by atoms with Gasteiger partial charge in [-0.2, -0.15) is 0 Å². The van der Waals surface area contributed by atoms with Gasteiger partial charge in [0.15, 0.2) is 0 Å². The number of nitrogens with one attached hydrogen (secondary N) is 3. The Hall–Kier alpha value is -1.71. The van der Waals surface area contributed by atoms with Crippen molar-refractivity contribution >= 4 is 17.3 Å². The Kier molecular flexibility index (Phi) is 4.32. The second kappa shape index (κ2) is 6.37. The minimum absolute atomic E-state index is 0.0633. The molecule has 1 heterocycles. The van der Waals surface area contributed by atoms with E-state index in [1.165, 1.54) is 19.3 Å². The number of para-hydroxylation sites is 1. The molecule has 3 rings (SSSR count). The lowest BCUT2D eigenvalue weighted by atomic mass is 9.83. The molecule has 2 aliphatic rings. The molecule has 2 unspecified atom stereocenters. The second-order valence-corrected chi connectivity index (χ2v) is 6.11. The number of carbonyl (C=O) groups excluding carboxylic acids is 1. The summed E-state index contributed by atoms with van der Waals surface area (Å²) in [4.78, 5) is 12.7. The van der Waals surface area contributed by atoms with Crippen molar-refractivity contribution in [1.29, 1.82) is 0 Å². The van der Waals surface area contributed by atoms with Crippen molar-refractivity contribution in [3.8, 4) is 0 Å². The van der Waals surface area contributed by atoms with Gasteiger partial charge in [0, 0.05) is 19.1 Å². The molecule has 2 atom stereocenters. The summed E-state index contributed by atoms with van der Waals surface area (Å²) in [5.74, 6) is 0.696. The maximum atomic E-state index is 12.7. The third-order valence-electron chi connectivity index (χ3n) is 4.80. The zero-order valence-corrected chi connectivity index (χ0v) is 12.7. The van der Waals surface area contributed by atoms with Crippen LogP contribution in [0.25, 0.3) is 0 Å². The molecule has 1 amide bonds. The first-order valence-corrected chi connectivity index (χ1v) is 8.21. The normalized spacial score (nSPS) is 24.4. The fraction of sp³-hybridized carbons (Fsp3) is 0.588. The Bertz CT molecular complexity index is 515. The Balaban J connectivity index is 1.76. The van der Waals surface area contributed by atoms with Crippen LogP contribution < -0.4 is 16.0 Å². The molecule has 1 fully saturated rings. The molecular weight excluding hydrogens is 262 g/mol. The van der Waals surface area contributed by atoms with E-state index >= 15 is 0 Å². The Morgan fingerprint density at radius 3 is 2.90 bits per heavy atom. The van der Waals surface area contributed by atoms with Crippen LogP contribution in [-0.4, -0.2) is 25.0 Å². The number of hydrogen-bond donors (Lipinski definition) is 3. The summed E-state index contributed by atoms with van der Waals surface area (Å²) in [7, 11) is 0. The van der Waals surface area contributed by atoms with E-state index in [1.54, 1.807) is 0 Å². The minimum atomic E-state index is 0.0633. The Morgan fingerprint density at radius 1 is 1.24 bits per heavy atom. The lowest BCUT2D eigenvalue weighted by molar-refractivity contribution is 0.0905. The van der Waals surface area contributed by atoms with Crippen molar-refractivity contribution in [2.24, 2.45) is 5.92 Å². The summed E-state index contributed by atoms with van der Waals surface area (Å²) in [5.41, 5.74) is 2.75. The SMILES string of the molecule is CCC1CCCCC1NC(=O)c1cccc2c1NCCN2. The van der Waals surface area contributed by atoms with E-state index < -0.39 is 0 Å². The van der Waals surface area contributed by atoms with Crippen LogP contribution in [0.1, 0.15) is 49.4 Å². The Morgan fingerprint density at radius 2 is 2.05 bits per heavy atom. The molecule has 0 aromatic heterocycles. The summed E-state index contributed by atoms with van der Waals surface area (Å²) >= 11 is 0. The van der Waals surface area contributed by atoms with Crippen molar-refractivity contribution in [3.05, 3.63) is 23.8 Å². The van der Waals surface area contributed by atoms with Gasteiger partial charge in [0.2, 0.25) is 0 Å². The lowest BCUT2D eigenvalue weighted by Crippen LogP contribution is -2.42. The standard InChI is InChI=1S/C17H25N3O/c1-2-12-6-3-4-8-14(12)20-17(21)13-7-5-9-15-16(13)19-11-10-18-15/h5,7,9,12,14,18-19H,2-4,6,8,10-11H2,1H3,(H,20,21). The molecule has 1 saturated carbocycles. The maximum Gasteiger partial charge on any atom is 0.253 e. The van der Waals surface area contributed by atoms with Crippen LogP contribution in [0.5, 0.6) is 0 Å². The number of carbonyl (C=O) groups is 1. The van der Waals surface area contributed by atoms with Crippen LogP contribution in [0.3, 0.4) is 0 Å². The second-order valence-electron chi connectivity index (χ2n) is 6.11. The van der Waals surface area contributed by atoms with Crippen LogP contribution in [-0.2, 0) is 0 Å². The van der Waals surface area contributed by atoms with Crippen molar-refractivity contribution in [1.82, 2.24) is 5.32 Å². The molecular formula is C17H25N3O. The Labute approximate surface area is 126 Å². The van der Waals surface area contributed by atoms with Crippen LogP contribution >= 0.6 is 0 Å². The molecule has 21 heavy (non-hydrogen) atoms. The molecule has 3 N–H and O–H groups in total. The molecule has 4 heteroatoms. The summed E-state index contributed by atoms with van der Waals surface area (Å²) in [6.45, 7) is 3.99. The van der Waals surface area contributed by atoms with Gasteiger partial charge in [0.1, 0.15) is 0 Å². The first-order valence-electron chi connectivity index (χ1n) is 8.21. The topological polar surface area (TPSA) is 53.2 Å². The highest BCUT2D eigenvalue weighted by Crippen LogP contribution is 2.30. The maximum absolute atomic E-state index is 12.7. The van der Waals surface area contributed by atoms with E-state index in [0.717, 1.165) is 42.9 Å². The molecule has 114 valence electrons. The van der Waals surface area contributed by atoms with Crippen molar-refractivity contribution in [3.63, 3.8) is 0 Å². The van der Waals surface area contributed by atoms with Gasteiger partial charge in [-0.15, -0.1) is 0 Å². The molecule has 1 aromatic rings. The number of benzene rings is 1. The number of rotatable bonds is 3. The number of hydrogen-bond acceptors (Lipinski definition) is 3. The summed E-state index contributed by atoms with van der Waals surface area (Å²) in [6, 6.07) is 6.22.